The molecule has 22 heavy (non-hydrogen) atoms. The van der Waals surface area contributed by atoms with Crippen molar-refractivity contribution in [3.8, 4) is 0 Å². The van der Waals surface area contributed by atoms with Crippen LogP contribution in [0.25, 0.3) is 10.1 Å². The molecule has 0 spiro atoms. The molecular formula is C17H18N2O2S. The maximum absolute atomic E-state index is 12.5. The van der Waals surface area contributed by atoms with Gasteiger partial charge in [0.25, 0.3) is 11.7 Å². The average molecular weight is 314 g/mol. The highest BCUT2D eigenvalue weighted by atomic mass is 32.1. The molecule has 5 rings (SSSR count). The quantitative estimate of drug-likeness (QED) is 0.698. The summed E-state index contributed by atoms with van der Waals surface area (Å²) in [6.45, 7) is 3.13. The van der Waals surface area contributed by atoms with E-state index in [0.29, 0.717) is 11.5 Å². The number of carbonyl (C=O) groups excluding carboxylic acids is 2. The molecule has 2 aromatic rings. The molecule has 1 atom stereocenters. The molecule has 4 heterocycles. The Morgan fingerprint density at radius 3 is 2.68 bits per heavy atom. The highest BCUT2D eigenvalue weighted by Gasteiger charge is 2.36. The second-order valence-electron chi connectivity index (χ2n) is 6.19. The lowest BCUT2D eigenvalue weighted by atomic mass is 9.84. The Bertz CT molecular complexity index is 731. The van der Waals surface area contributed by atoms with Crippen molar-refractivity contribution in [2.24, 2.45) is 5.92 Å². The van der Waals surface area contributed by atoms with E-state index in [1.807, 2.05) is 24.3 Å². The van der Waals surface area contributed by atoms with Crippen LogP contribution in [0.15, 0.2) is 29.6 Å². The average Bonchev–Trinajstić information content (AvgIpc) is 2.99. The van der Waals surface area contributed by atoms with E-state index in [4.69, 9.17) is 0 Å². The molecule has 3 saturated heterocycles. The normalized spacial score (nSPS) is 27.0. The summed E-state index contributed by atoms with van der Waals surface area (Å²) in [5, 5.41) is 5.65. The minimum Gasteiger partial charge on any atom is -0.345 e. The number of piperidine rings is 3. The number of rotatable bonds is 3. The van der Waals surface area contributed by atoms with Crippen LogP contribution >= 0.6 is 11.3 Å². The fraction of sp³-hybridized carbons (Fsp3) is 0.412. The van der Waals surface area contributed by atoms with Gasteiger partial charge in [-0.1, -0.05) is 18.2 Å². The molecule has 0 saturated carbocycles. The molecule has 1 aromatic carbocycles. The molecule has 5 heteroatoms. The lowest BCUT2D eigenvalue weighted by Gasteiger charge is -2.44. The third-order valence-electron chi connectivity index (χ3n) is 4.90. The van der Waals surface area contributed by atoms with Crippen molar-refractivity contribution in [1.82, 2.24) is 10.2 Å². The van der Waals surface area contributed by atoms with Gasteiger partial charge < -0.3 is 10.2 Å². The number of thiophene rings is 1. The van der Waals surface area contributed by atoms with E-state index in [-0.39, 0.29) is 6.04 Å². The van der Waals surface area contributed by atoms with E-state index in [0.717, 1.165) is 42.6 Å². The van der Waals surface area contributed by atoms with Gasteiger partial charge in [0.2, 0.25) is 0 Å². The van der Waals surface area contributed by atoms with Crippen LogP contribution in [0.3, 0.4) is 0 Å². The van der Waals surface area contributed by atoms with E-state index in [1.165, 1.54) is 11.3 Å². The predicted octanol–water partition coefficient (Wildman–Crippen LogP) is 2.29. The van der Waals surface area contributed by atoms with Crippen molar-refractivity contribution >= 4 is 33.1 Å². The predicted molar refractivity (Wildman–Crippen MR) is 87.3 cm³/mol. The number of carbonyl (C=O) groups is 2. The largest absolute Gasteiger partial charge is 0.345 e. The summed E-state index contributed by atoms with van der Waals surface area (Å²) in [6.07, 6.45) is 2.25. The first-order valence-corrected chi connectivity index (χ1v) is 8.64. The van der Waals surface area contributed by atoms with Crippen LogP contribution in [0, 0.1) is 5.92 Å². The highest BCUT2D eigenvalue weighted by Crippen LogP contribution is 2.28. The number of Topliss-reactive ketones (excluding diaryl/α,β-unsaturated/α-hetero) is 1. The highest BCUT2D eigenvalue weighted by molar-refractivity contribution is 7.17. The van der Waals surface area contributed by atoms with E-state index >= 15 is 0 Å². The molecule has 1 unspecified atom stereocenters. The lowest BCUT2D eigenvalue weighted by molar-refractivity contribution is -0.119. The van der Waals surface area contributed by atoms with Crippen molar-refractivity contribution in [2.75, 3.05) is 19.6 Å². The molecule has 3 aliphatic heterocycles. The van der Waals surface area contributed by atoms with Gasteiger partial charge in [-0.25, -0.2) is 0 Å². The maximum Gasteiger partial charge on any atom is 0.292 e. The third kappa shape index (κ3) is 2.34. The van der Waals surface area contributed by atoms with Gasteiger partial charge >= 0.3 is 0 Å². The van der Waals surface area contributed by atoms with Crippen molar-refractivity contribution in [3.63, 3.8) is 0 Å². The molecular weight excluding hydrogens is 296 g/mol. The number of hydrogen-bond acceptors (Lipinski definition) is 4. The first-order valence-electron chi connectivity index (χ1n) is 7.76. The summed E-state index contributed by atoms with van der Waals surface area (Å²) >= 11 is 1.51. The minimum atomic E-state index is -0.456. The topological polar surface area (TPSA) is 49.4 Å². The van der Waals surface area contributed by atoms with Gasteiger partial charge in [0.05, 0.1) is 0 Å². The van der Waals surface area contributed by atoms with Crippen molar-refractivity contribution < 1.29 is 9.59 Å². The Kier molecular flexibility index (Phi) is 3.47. The van der Waals surface area contributed by atoms with Crippen molar-refractivity contribution in [2.45, 2.75) is 18.9 Å². The van der Waals surface area contributed by atoms with Crippen LogP contribution in [0.2, 0.25) is 0 Å². The second kappa shape index (κ2) is 5.48. The van der Waals surface area contributed by atoms with Crippen LogP contribution < -0.4 is 5.32 Å². The second-order valence-corrected chi connectivity index (χ2v) is 7.10. The molecule has 0 radical (unpaired) electrons. The molecule has 2 bridgehead atoms. The van der Waals surface area contributed by atoms with Gasteiger partial charge in [0, 0.05) is 33.6 Å². The monoisotopic (exact) mass is 314 g/mol. The smallest absolute Gasteiger partial charge is 0.292 e. The SMILES string of the molecule is O=C(NC1CN2CCC1CC2)C(=O)c1csc2ccccc12. The number of ketones is 1. The first kappa shape index (κ1) is 13.9. The Morgan fingerprint density at radius 1 is 1.18 bits per heavy atom. The van der Waals surface area contributed by atoms with Gasteiger partial charge in [0.15, 0.2) is 0 Å². The number of fused-ring (bicyclic) bond motifs is 4. The molecule has 3 fully saturated rings. The van der Waals surface area contributed by atoms with E-state index in [2.05, 4.69) is 10.2 Å². The van der Waals surface area contributed by atoms with Crippen LogP contribution in [-0.2, 0) is 4.79 Å². The summed E-state index contributed by atoms with van der Waals surface area (Å²) in [5.41, 5.74) is 0.527. The fourth-order valence-electron chi connectivity index (χ4n) is 3.64. The number of benzene rings is 1. The Hall–Kier alpha value is -1.72. The van der Waals surface area contributed by atoms with E-state index < -0.39 is 11.7 Å². The Labute approximate surface area is 133 Å². The molecule has 1 aromatic heterocycles. The molecule has 114 valence electrons. The minimum absolute atomic E-state index is 0.129. The summed E-state index contributed by atoms with van der Waals surface area (Å²) in [7, 11) is 0. The number of amides is 1. The Balaban J connectivity index is 1.52. The van der Waals surface area contributed by atoms with Crippen LogP contribution in [0.4, 0.5) is 0 Å². The maximum atomic E-state index is 12.5. The summed E-state index contributed by atoms with van der Waals surface area (Å²) in [6, 6.07) is 7.85. The molecule has 1 amide bonds. The summed E-state index contributed by atoms with van der Waals surface area (Å²) in [5.74, 6) is -0.336. The fourth-order valence-corrected chi connectivity index (χ4v) is 4.58. The van der Waals surface area contributed by atoms with Gasteiger partial charge in [0.1, 0.15) is 0 Å². The van der Waals surface area contributed by atoms with Crippen LogP contribution in [-0.4, -0.2) is 42.3 Å². The summed E-state index contributed by atoms with van der Waals surface area (Å²) < 4.78 is 1.04. The van der Waals surface area contributed by atoms with Crippen molar-refractivity contribution in [3.05, 3.63) is 35.2 Å². The van der Waals surface area contributed by atoms with E-state index in [1.54, 1.807) is 5.38 Å². The molecule has 4 nitrogen and oxygen atoms in total. The van der Waals surface area contributed by atoms with Gasteiger partial charge in [-0.3, -0.25) is 9.59 Å². The van der Waals surface area contributed by atoms with E-state index in [9.17, 15) is 9.59 Å². The van der Waals surface area contributed by atoms with Crippen LogP contribution in [0.5, 0.6) is 0 Å². The number of hydrogen-bond donors (Lipinski definition) is 1. The van der Waals surface area contributed by atoms with Crippen molar-refractivity contribution in [1.29, 1.82) is 0 Å². The molecule has 3 aliphatic rings. The zero-order chi connectivity index (χ0) is 15.1. The standard InChI is InChI=1S/C17H18N2O2S/c20-16(13-10-22-15-4-2-1-3-12(13)15)17(21)18-14-9-19-7-5-11(14)6-8-19/h1-4,10-11,14H,5-9H2,(H,18,21). The van der Waals surface area contributed by atoms with Gasteiger partial charge in [-0.15, -0.1) is 11.3 Å². The lowest BCUT2D eigenvalue weighted by Crippen LogP contribution is -2.58. The molecule has 1 N–H and O–H groups in total. The first-order chi connectivity index (χ1) is 10.7. The van der Waals surface area contributed by atoms with Crippen LogP contribution in [0.1, 0.15) is 23.2 Å². The Morgan fingerprint density at radius 2 is 1.95 bits per heavy atom. The van der Waals surface area contributed by atoms with Gasteiger partial charge in [-0.05, 0) is 37.9 Å². The third-order valence-corrected chi connectivity index (χ3v) is 5.87. The number of nitrogens with one attached hydrogen (secondary N) is 1. The van der Waals surface area contributed by atoms with Gasteiger partial charge in [-0.2, -0.15) is 0 Å². The molecule has 0 aliphatic carbocycles. The zero-order valence-corrected chi connectivity index (χ0v) is 13.1. The zero-order valence-electron chi connectivity index (χ0n) is 12.2. The number of nitrogens with zero attached hydrogens (tertiary/aromatic N) is 1. The summed E-state index contributed by atoms with van der Waals surface area (Å²) in [4.78, 5) is 27.2.